The zero-order valence-electron chi connectivity index (χ0n) is 12.5. The second-order valence-corrected chi connectivity index (χ2v) is 4.78. The van der Waals surface area contributed by atoms with Crippen molar-refractivity contribution in [3.8, 4) is 5.75 Å². The zero-order chi connectivity index (χ0) is 14.1. The van der Waals surface area contributed by atoms with Gasteiger partial charge in [-0.3, -0.25) is 4.98 Å². The zero-order valence-corrected chi connectivity index (χ0v) is 12.5. The van der Waals surface area contributed by atoms with E-state index < -0.39 is 0 Å². The molecule has 0 fully saturated rings. The Labute approximate surface area is 116 Å². The average Bonchev–Trinajstić information content (AvgIpc) is 2.39. The molecule has 108 valence electrons. The highest BCUT2D eigenvalue weighted by molar-refractivity contribution is 5.29. The van der Waals surface area contributed by atoms with Crippen LogP contribution in [0.3, 0.4) is 0 Å². The second kappa shape index (κ2) is 8.88. The van der Waals surface area contributed by atoms with Crippen LogP contribution in [0.1, 0.15) is 38.1 Å². The number of aryl methyl sites for hydroxylation is 1. The monoisotopic (exact) mass is 266 g/mol. The number of aromatic nitrogens is 1. The molecular weight excluding hydrogens is 240 g/mol. The maximum Gasteiger partial charge on any atom is 0.142 e. The number of pyridine rings is 1. The molecule has 0 radical (unpaired) electrons. The van der Waals surface area contributed by atoms with E-state index in [-0.39, 0.29) is 6.10 Å². The molecule has 1 aromatic heterocycles. The van der Waals surface area contributed by atoms with Crippen molar-refractivity contribution in [2.45, 2.75) is 46.3 Å². The molecule has 0 amide bonds. The topological polar surface area (TPSA) is 43.4 Å². The first-order valence-electron chi connectivity index (χ1n) is 7.00. The molecule has 0 saturated heterocycles. The lowest BCUT2D eigenvalue weighted by Gasteiger charge is -2.17. The van der Waals surface area contributed by atoms with Crippen molar-refractivity contribution in [1.82, 2.24) is 10.3 Å². The Bertz CT molecular complexity index is 369. The van der Waals surface area contributed by atoms with Crippen molar-refractivity contribution in [3.63, 3.8) is 0 Å². The summed E-state index contributed by atoms with van der Waals surface area (Å²) in [4.78, 5) is 4.56. The first kappa shape index (κ1) is 15.9. The summed E-state index contributed by atoms with van der Waals surface area (Å²) in [6.45, 7) is 8.67. The van der Waals surface area contributed by atoms with Crippen LogP contribution >= 0.6 is 0 Å². The van der Waals surface area contributed by atoms with E-state index >= 15 is 0 Å². The van der Waals surface area contributed by atoms with Crippen LogP contribution in [0.4, 0.5) is 0 Å². The Kier molecular flexibility index (Phi) is 7.45. The molecule has 0 aliphatic rings. The predicted molar refractivity (Wildman–Crippen MR) is 77.6 cm³/mol. The minimum Gasteiger partial charge on any atom is -0.489 e. The molecule has 1 atom stereocenters. The van der Waals surface area contributed by atoms with Crippen molar-refractivity contribution >= 4 is 0 Å². The van der Waals surface area contributed by atoms with Crippen LogP contribution in [-0.4, -0.2) is 31.3 Å². The maximum atomic E-state index is 5.95. The van der Waals surface area contributed by atoms with Crippen molar-refractivity contribution in [3.05, 3.63) is 23.5 Å². The molecular formula is C15H26N2O2. The Morgan fingerprint density at radius 1 is 1.37 bits per heavy atom. The fraction of sp³-hybridized carbons (Fsp3) is 0.667. The summed E-state index contributed by atoms with van der Waals surface area (Å²) in [5.74, 6) is 0.873. The first-order chi connectivity index (χ1) is 9.17. The average molecular weight is 266 g/mol. The van der Waals surface area contributed by atoms with E-state index in [4.69, 9.17) is 9.47 Å². The molecule has 1 rings (SSSR count). The SMILES string of the molecule is CCCNCc1nc(C)ccc1OC(C)CCOC. The van der Waals surface area contributed by atoms with E-state index in [1.54, 1.807) is 7.11 Å². The van der Waals surface area contributed by atoms with Gasteiger partial charge in [0, 0.05) is 32.4 Å². The summed E-state index contributed by atoms with van der Waals surface area (Å²) >= 11 is 0. The van der Waals surface area contributed by atoms with Crippen LogP contribution in [0, 0.1) is 6.92 Å². The molecule has 0 aromatic carbocycles. The quantitative estimate of drug-likeness (QED) is 0.698. The predicted octanol–water partition coefficient (Wildman–Crippen LogP) is 2.69. The van der Waals surface area contributed by atoms with Gasteiger partial charge in [-0.25, -0.2) is 0 Å². The van der Waals surface area contributed by atoms with E-state index in [9.17, 15) is 0 Å². The van der Waals surface area contributed by atoms with E-state index in [1.165, 1.54) is 0 Å². The van der Waals surface area contributed by atoms with Crippen LogP contribution in [0.15, 0.2) is 12.1 Å². The molecule has 0 bridgehead atoms. The van der Waals surface area contributed by atoms with Crippen molar-refractivity contribution < 1.29 is 9.47 Å². The van der Waals surface area contributed by atoms with Crippen LogP contribution in [0.25, 0.3) is 0 Å². The van der Waals surface area contributed by atoms with Gasteiger partial charge in [0.05, 0.1) is 11.8 Å². The van der Waals surface area contributed by atoms with E-state index in [0.717, 1.165) is 43.1 Å². The molecule has 0 aliphatic heterocycles. The molecule has 4 nitrogen and oxygen atoms in total. The van der Waals surface area contributed by atoms with Crippen LogP contribution in [0.5, 0.6) is 5.75 Å². The number of methoxy groups -OCH3 is 1. The number of hydrogen-bond acceptors (Lipinski definition) is 4. The molecule has 1 heterocycles. The largest absolute Gasteiger partial charge is 0.489 e. The molecule has 1 N–H and O–H groups in total. The summed E-state index contributed by atoms with van der Waals surface area (Å²) < 4.78 is 11.0. The van der Waals surface area contributed by atoms with E-state index in [0.29, 0.717) is 6.61 Å². The van der Waals surface area contributed by atoms with Gasteiger partial charge < -0.3 is 14.8 Å². The van der Waals surface area contributed by atoms with Gasteiger partial charge in [0.15, 0.2) is 0 Å². The molecule has 0 spiro atoms. The lowest BCUT2D eigenvalue weighted by atomic mass is 10.2. The highest BCUT2D eigenvalue weighted by atomic mass is 16.5. The van der Waals surface area contributed by atoms with Gasteiger partial charge in [-0.15, -0.1) is 0 Å². The van der Waals surface area contributed by atoms with E-state index in [1.807, 2.05) is 19.1 Å². The van der Waals surface area contributed by atoms with Gasteiger partial charge >= 0.3 is 0 Å². The Hall–Kier alpha value is -1.13. The van der Waals surface area contributed by atoms with Gasteiger partial charge in [-0.1, -0.05) is 6.92 Å². The van der Waals surface area contributed by atoms with Crippen molar-refractivity contribution in [2.24, 2.45) is 0 Å². The van der Waals surface area contributed by atoms with Crippen LogP contribution in [0.2, 0.25) is 0 Å². The molecule has 4 heteroatoms. The lowest BCUT2D eigenvalue weighted by molar-refractivity contribution is 0.134. The summed E-state index contributed by atoms with van der Waals surface area (Å²) in [5, 5.41) is 3.37. The summed E-state index contributed by atoms with van der Waals surface area (Å²) in [5.41, 5.74) is 2.00. The summed E-state index contributed by atoms with van der Waals surface area (Å²) in [6.07, 6.45) is 2.13. The van der Waals surface area contributed by atoms with E-state index in [2.05, 4.69) is 24.1 Å². The smallest absolute Gasteiger partial charge is 0.142 e. The molecule has 0 saturated carbocycles. The fourth-order valence-electron chi connectivity index (χ4n) is 1.77. The highest BCUT2D eigenvalue weighted by Crippen LogP contribution is 2.19. The fourth-order valence-corrected chi connectivity index (χ4v) is 1.77. The van der Waals surface area contributed by atoms with Gasteiger partial charge in [-0.2, -0.15) is 0 Å². The summed E-state index contributed by atoms with van der Waals surface area (Å²) in [6, 6.07) is 4.00. The number of nitrogens with zero attached hydrogens (tertiary/aromatic N) is 1. The Morgan fingerprint density at radius 2 is 2.16 bits per heavy atom. The minimum atomic E-state index is 0.134. The van der Waals surface area contributed by atoms with Gasteiger partial charge in [0.2, 0.25) is 0 Å². The number of hydrogen-bond donors (Lipinski definition) is 1. The minimum absolute atomic E-state index is 0.134. The Balaban J connectivity index is 2.64. The standard InChI is InChI=1S/C15H26N2O2/c1-5-9-16-11-14-15(7-6-12(2)17-14)19-13(3)8-10-18-4/h6-7,13,16H,5,8-11H2,1-4H3. The normalized spacial score (nSPS) is 12.4. The van der Waals surface area contributed by atoms with Crippen molar-refractivity contribution in [2.75, 3.05) is 20.3 Å². The van der Waals surface area contributed by atoms with Crippen LogP contribution in [-0.2, 0) is 11.3 Å². The maximum absolute atomic E-state index is 5.95. The first-order valence-corrected chi connectivity index (χ1v) is 7.00. The molecule has 1 unspecified atom stereocenters. The highest BCUT2D eigenvalue weighted by Gasteiger charge is 2.09. The second-order valence-electron chi connectivity index (χ2n) is 4.78. The molecule has 1 aromatic rings. The number of nitrogens with one attached hydrogen (secondary N) is 1. The number of rotatable bonds is 9. The summed E-state index contributed by atoms with van der Waals surface area (Å²) in [7, 11) is 1.71. The van der Waals surface area contributed by atoms with Gasteiger partial charge in [0.1, 0.15) is 5.75 Å². The number of ether oxygens (including phenoxy) is 2. The van der Waals surface area contributed by atoms with Crippen molar-refractivity contribution in [1.29, 1.82) is 0 Å². The third-order valence-corrected chi connectivity index (χ3v) is 2.85. The third kappa shape index (κ3) is 6.03. The molecule has 19 heavy (non-hydrogen) atoms. The van der Waals surface area contributed by atoms with Gasteiger partial charge in [-0.05, 0) is 38.9 Å². The van der Waals surface area contributed by atoms with Crippen LogP contribution < -0.4 is 10.1 Å². The third-order valence-electron chi connectivity index (χ3n) is 2.85. The lowest BCUT2D eigenvalue weighted by Crippen LogP contribution is -2.19. The molecule has 0 aliphatic carbocycles. The Morgan fingerprint density at radius 3 is 2.84 bits per heavy atom. The van der Waals surface area contributed by atoms with Gasteiger partial charge in [0.25, 0.3) is 0 Å².